The van der Waals surface area contributed by atoms with E-state index in [0.29, 0.717) is 0 Å². The smallest absolute Gasteiger partial charge is 0.356 e. The molecule has 2 N–H and O–H groups in total. The number of benzene rings is 1. The van der Waals surface area contributed by atoms with Crippen molar-refractivity contribution >= 4 is 16.7 Å². The molecule has 0 atom stereocenters. The highest BCUT2D eigenvalue weighted by atomic mass is 19.1. The lowest BCUT2D eigenvalue weighted by Gasteiger charge is -2.13. The average molecular weight is 277 g/mol. The van der Waals surface area contributed by atoms with E-state index < -0.39 is 28.8 Å². The van der Waals surface area contributed by atoms with Crippen LogP contribution in [0.4, 0.5) is 4.39 Å². The second-order valence-electron chi connectivity index (χ2n) is 5.05. The van der Waals surface area contributed by atoms with Crippen LogP contribution in [0.5, 0.6) is 5.75 Å². The van der Waals surface area contributed by atoms with Gasteiger partial charge < -0.3 is 10.2 Å². The summed E-state index contributed by atoms with van der Waals surface area (Å²) in [5.74, 6) is -2.22. The highest BCUT2D eigenvalue weighted by molar-refractivity contribution is 5.98. The Kier molecular flexibility index (Phi) is 2.74. The summed E-state index contributed by atoms with van der Waals surface area (Å²) in [6, 6.07) is 3.32. The summed E-state index contributed by atoms with van der Waals surface area (Å²) >= 11 is 0. The maximum absolute atomic E-state index is 13.3. The van der Waals surface area contributed by atoms with Crippen molar-refractivity contribution < 1.29 is 19.4 Å². The lowest BCUT2D eigenvalue weighted by Crippen LogP contribution is -2.27. The maximum Gasteiger partial charge on any atom is 0.356 e. The van der Waals surface area contributed by atoms with Crippen LogP contribution in [0.25, 0.3) is 10.8 Å². The minimum atomic E-state index is -1.37. The first kappa shape index (κ1) is 12.7. The highest BCUT2D eigenvalue weighted by Crippen LogP contribution is 2.33. The first-order chi connectivity index (χ1) is 9.49. The van der Waals surface area contributed by atoms with E-state index in [0.717, 1.165) is 29.5 Å². The van der Waals surface area contributed by atoms with Crippen molar-refractivity contribution in [2.24, 2.45) is 5.92 Å². The topological polar surface area (TPSA) is 79.5 Å². The largest absolute Gasteiger partial charge is 0.505 e. The zero-order valence-electron chi connectivity index (χ0n) is 10.5. The highest BCUT2D eigenvalue weighted by Gasteiger charge is 2.27. The predicted molar refractivity (Wildman–Crippen MR) is 69.5 cm³/mol. The third-order valence-electron chi connectivity index (χ3n) is 3.55. The maximum atomic E-state index is 13.3. The van der Waals surface area contributed by atoms with E-state index in [-0.39, 0.29) is 23.2 Å². The number of pyridine rings is 1. The molecule has 1 heterocycles. The third-order valence-corrected chi connectivity index (χ3v) is 3.55. The minimum absolute atomic E-state index is 0.00634. The zero-order valence-corrected chi connectivity index (χ0v) is 10.5. The number of rotatable bonds is 3. The molecule has 0 saturated heterocycles. The van der Waals surface area contributed by atoms with Gasteiger partial charge in [0, 0.05) is 11.9 Å². The Labute approximate surface area is 112 Å². The van der Waals surface area contributed by atoms with Crippen molar-refractivity contribution in [1.82, 2.24) is 4.57 Å². The molecule has 20 heavy (non-hydrogen) atoms. The summed E-state index contributed by atoms with van der Waals surface area (Å²) < 4.78 is 14.3. The van der Waals surface area contributed by atoms with E-state index in [1.54, 1.807) is 0 Å². The molecule has 5 nitrogen and oxygen atoms in total. The van der Waals surface area contributed by atoms with Crippen molar-refractivity contribution in [1.29, 1.82) is 0 Å². The number of carboxylic acid groups (broad SMARTS) is 1. The van der Waals surface area contributed by atoms with Gasteiger partial charge in [0.25, 0.3) is 5.56 Å². The summed E-state index contributed by atoms with van der Waals surface area (Å²) in [6.07, 6.45) is 1.85. The standard InChI is InChI=1S/C14H12FNO4/c15-8-3-4-9-10(5-8)13(18)16(6-7-1-2-7)11(12(9)17)14(19)20/h3-5,7,17H,1-2,6H2,(H,19,20). The molecule has 1 aliphatic rings. The number of carbonyl (C=O) groups is 1. The molecule has 0 spiro atoms. The van der Waals surface area contributed by atoms with Crippen LogP contribution in [-0.2, 0) is 6.54 Å². The fourth-order valence-electron chi connectivity index (χ4n) is 2.35. The fourth-order valence-corrected chi connectivity index (χ4v) is 2.35. The van der Waals surface area contributed by atoms with Crippen molar-refractivity contribution in [3.05, 3.63) is 40.1 Å². The second-order valence-corrected chi connectivity index (χ2v) is 5.05. The lowest BCUT2D eigenvalue weighted by molar-refractivity contribution is 0.0679. The van der Waals surface area contributed by atoms with Crippen LogP contribution in [0.1, 0.15) is 23.3 Å². The van der Waals surface area contributed by atoms with Crippen molar-refractivity contribution in [2.45, 2.75) is 19.4 Å². The van der Waals surface area contributed by atoms with Crippen LogP contribution in [0.2, 0.25) is 0 Å². The molecular formula is C14H12FNO4. The Hall–Kier alpha value is -2.37. The normalized spacial score (nSPS) is 14.7. The van der Waals surface area contributed by atoms with Gasteiger partial charge in [-0.3, -0.25) is 9.36 Å². The summed E-state index contributed by atoms with van der Waals surface area (Å²) in [7, 11) is 0. The fraction of sp³-hybridized carbons (Fsp3) is 0.286. The molecule has 104 valence electrons. The van der Waals surface area contributed by atoms with E-state index in [1.165, 1.54) is 6.07 Å². The van der Waals surface area contributed by atoms with E-state index in [2.05, 4.69) is 0 Å². The van der Waals surface area contributed by atoms with Gasteiger partial charge in [0.2, 0.25) is 0 Å². The van der Waals surface area contributed by atoms with Gasteiger partial charge in [0.15, 0.2) is 11.4 Å². The SMILES string of the molecule is O=C(O)c1c(O)c2ccc(F)cc2c(=O)n1CC1CC1. The molecule has 0 radical (unpaired) electrons. The number of aromatic hydroxyl groups is 1. The molecule has 0 bridgehead atoms. The van der Waals surface area contributed by atoms with Crippen LogP contribution >= 0.6 is 0 Å². The Bertz CT molecular complexity index is 777. The van der Waals surface area contributed by atoms with Crippen molar-refractivity contribution in [3.8, 4) is 5.75 Å². The lowest BCUT2D eigenvalue weighted by atomic mass is 10.1. The first-order valence-electron chi connectivity index (χ1n) is 6.27. The molecule has 0 aliphatic heterocycles. The van der Waals surface area contributed by atoms with Gasteiger partial charge >= 0.3 is 5.97 Å². The molecule has 1 aromatic heterocycles. The number of carboxylic acids is 1. The summed E-state index contributed by atoms with van der Waals surface area (Å²) in [4.78, 5) is 23.7. The zero-order chi connectivity index (χ0) is 14.4. The van der Waals surface area contributed by atoms with Gasteiger partial charge in [-0.25, -0.2) is 9.18 Å². The number of hydrogen-bond acceptors (Lipinski definition) is 3. The van der Waals surface area contributed by atoms with Crippen molar-refractivity contribution in [2.75, 3.05) is 0 Å². The van der Waals surface area contributed by atoms with Gasteiger partial charge in [-0.1, -0.05) is 0 Å². The Morgan fingerprint density at radius 1 is 1.35 bits per heavy atom. The molecule has 0 unspecified atom stereocenters. The third kappa shape index (κ3) is 1.93. The number of nitrogens with zero attached hydrogens (tertiary/aromatic N) is 1. The minimum Gasteiger partial charge on any atom is -0.505 e. The van der Waals surface area contributed by atoms with Gasteiger partial charge in [-0.15, -0.1) is 0 Å². The molecule has 1 fully saturated rings. The Balaban J connectivity index is 2.38. The number of aromatic carboxylic acids is 1. The average Bonchev–Trinajstić information content (AvgIpc) is 3.19. The van der Waals surface area contributed by atoms with Gasteiger partial charge in [0.1, 0.15) is 5.82 Å². The number of hydrogen-bond donors (Lipinski definition) is 2. The Morgan fingerprint density at radius 2 is 2.05 bits per heavy atom. The van der Waals surface area contributed by atoms with Crippen LogP contribution in [-0.4, -0.2) is 20.7 Å². The monoisotopic (exact) mass is 277 g/mol. The van der Waals surface area contributed by atoms with Crippen LogP contribution < -0.4 is 5.56 Å². The molecule has 1 aliphatic carbocycles. The van der Waals surface area contributed by atoms with E-state index in [1.807, 2.05) is 0 Å². The first-order valence-corrected chi connectivity index (χ1v) is 6.27. The van der Waals surface area contributed by atoms with E-state index >= 15 is 0 Å². The number of fused-ring (bicyclic) bond motifs is 1. The van der Waals surface area contributed by atoms with Gasteiger partial charge in [-0.2, -0.15) is 0 Å². The van der Waals surface area contributed by atoms with Crippen LogP contribution in [0.15, 0.2) is 23.0 Å². The molecule has 0 amide bonds. The van der Waals surface area contributed by atoms with Crippen LogP contribution in [0.3, 0.4) is 0 Å². The molecular weight excluding hydrogens is 265 g/mol. The number of halogens is 1. The second kappa shape index (κ2) is 4.33. The quantitative estimate of drug-likeness (QED) is 0.898. The number of aromatic nitrogens is 1. The predicted octanol–water partition coefficient (Wildman–Crippen LogP) is 1.95. The summed E-state index contributed by atoms with van der Waals surface area (Å²) in [6.45, 7) is 0.237. The van der Waals surface area contributed by atoms with Crippen LogP contribution in [0, 0.1) is 11.7 Å². The molecule has 6 heteroatoms. The molecule has 3 rings (SSSR count). The summed E-state index contributed by atoms with van der Waals surface area (Å²) in [5.41, 5.74) is -1.01. The molecule has 1 saturated carbocycles. The molecule has 1 aromatic carbocycles. The van der Waals surface area contributed by atoms with Gasteiger partial charge in [0.05, 0.1) is 5.39 Å². The van der Waals surface area contributed by atoms with Gasteiger partial charge in [-0.05, 0) is 37.0 Å². The Morgan fingerprint density at radius 3 is 2.65 bits per heavy atom. The van der Waals surface area contributed by atoms with E-state index in [9.17, 15) is 24.2 Å². The summed E-state index contributed by atoms with van der Waals surface area (Å²) in [5, 5.41) is 19.4. The van der Waals surface area contributed by atoms with Crippen molar-refractivity contribution in [3.63, 3.8) is 0 Å². The van der Waals surface area contributed by atoms with E-state index in [4.69, 9.17) is 0 Å². The molecule has 2 aromatic rings.